The van der Waals surface area contributed by atoms with Crippen LogP contribution in [0.4, 0.5) is 4.39 Å². The summed E-state index contributed by atoms with van der Waals surface area (Å²) in [5.74, 6) is -0.200. The molecule has 3 atom stereocenters. The van der Waals surface area contributed by atoms with Crippen molar-refractivity contribution in [1.29, 1.82) is 0 Å². The Balaban J connectivity index is 2.08. The van der Waals surface area contributed by atoms with Gasteiger partial charge in [-0.05, 0) is 32.3 Å². The van der Waals surface area contributed by atoms with Gasteiger partial charge in [-0.1, -0.05) is 24.6 Å². The molecular weight excluding hydrogens is 255 g/mol. The quantitative estimate of drug-likeness (QED) is 0.924. The third kappa shape index (κ3) is 3.18. The highest BCUT2D eigenvalue weighted by Crippen LogP contribution is 2.28. The number of benzene rings is 1. The van der Waals surface area contributed by atoms with Gasteiger partial charge in [0.2, 0.25) is 5.91 Å². The SMILES string of the molecule is C[C@H](c1ccccc1F)N(C)C(=O)[C@H]1CCC[C@H](N)C1. The highest BCUT2D eigenvalue weighted by molar-refractivity contribution is 5.79. The number of rotatable bonds is 3. The van der Waals surface area contributed by atoms with Crippen LogP contribution in [0.25, 0.3) is 0 Å². The van der Waals surface area contributed by atoms with Gasteiger partial charge >= 0.3 is 0 Å². The van der Waals surface area contributed by atoms with Crippen molar-refractivity contribution >= 4 is 5.91 Å². The van der Waals surface area contributed by atoms with Gasteiger partial charge in [-0.2, -0.15) is 0 Å². The van der Waals surface area contributed by atoms with Crippen LogP contribution in [0.15, 0.2) is 24.3 Å². The number of carbonyl (C=O) groups excluding carboxylic acids is 1. The van der Waals surface area contributed by atoms with E-state index < -0.39 is 0 Å². The maximum Gasteiger partial charge on any atom is 0.225 e. The van der Waals surface area contributed by atoms with E-state index in [2.05, 4.69) is 0 Å². The highest BCUT2D eigenvalue weighted by atomic mass is 19.1. The van der Waals surface area contributed by atoms with Gasteiger partial charge in [-0.25, -0.2) is 4.39 Å². The standard InChI is InChI=1S/C16H23FN2O/c1-11(14-8-3-4-9-15(14)17)19(2)16(20)12-6-5-7-13(18)10-12/h3-4,8-9,11-13H,5-7,10,18H2,1-2H3/t11-,12+,13+/m1/s1. The van der Waals surface area contributed by atoms with Gasteiger partial charge in [0.15, 0.2) is 0 Å². The summed E-state index contributed by atoms with van der Waals surface area (Å²) >= 11 is 0. The van der Waals surface area contributed by atoms with Crippen molar-refractivity contribution in [2.45, 2.75) is 44.7 Å². The smallest absolute Gasteiger partial charge is 0.225 e. The second kappa shape index (κ2) is 6.35. The van der Waals surface area contributed by atoms with Crippen molar-refractivity contribution in [1.82, 2.24) is 4.90 Å². The minimum Gasteiger partial charge on any atom is -0.339 e. The number of nitrogens with zero attached hydrogens (tertiary/aromatic N) is 1. The van der Waals surface area contributed by atoms with E-state index >= 15 is 0 Å². The number of carbonyl (C=O) groups is 1. The molecule has 1 aromatic rings. The largest absolute Gasteiger partial charge is 0.339 e. The Labute approximate surface area is 120 Å². The third-order valence-electron chi connectivity index (χ3n) is 4.35. The maximum atomic E-state index is 13.8. The average molecular weight is 278 g/mol. The van der Waals surface area contributed by atoms with Crippen molar-refractivity contribution < 1.29 is 9.18 Å². The van der Waals surface area contributed by atoms with E-state index in [1.807, 2.05) is 6.92 Å². The predicted octanol–water partition coefficient (Wildman–Crippen LogP) is 2.86. The Morgan fingerprint density at radius 2 is 2.10 bits per heavy atom. The van der Waals surface area contributed by atoms with Crippen molar-refractivity contribution in [2.75, 3.05) is 7.05 Å². The summed E-state index contributed by atoms with van der Waals surface area (Å²) in [6, 6.07) is 6.48. The van der Waals surface area contributed by atoms with Crippen LogP contribution in [0.3, 0.4) is 0 Å². The first-order chi connectivity index (χ1) is 9.50. The molecule has 0 heterocycles. The molecule has 2 N–H and O–H groups in total. The molecule has 2 rings (SSSR count). The average Bonchev–Trinajstić information content (AvgIpc) is 2.45. The van der Waals surface area contributed by atoms with E-state index in [0.717, 1.165) is 25.7 Å². The lowest BCUT2D eigenvalue weighted by Gasteiger charge is -2.32. The van der Waals surface area contributed by atoms with Crippen LogP contribution in [0.5, 0.6) is 0 Å². The van der Waals surface area contributed by atoms with E-state index in [4.69, 9.17) is 5.73 Å². The van der Waals surface area contributed by atoms with Gasteiger partial charge in [0.05, 0.1) is 6.04 Å². The van der Waals surface area contributed by atoms with Gasteiger partial charge < -0.3 is 10.6 Å². The van der Waals surface area contributed by atoms with Crippen molar-refractivity contribution in [3.8, 4) is 0 Å². The predicted molar refractivity (Wildman–Crippen MR) is 77.5 cm³/mol. The second-order valence-corrected chi connectivity index (χ2v) is 5.77. The lowest BCUT2D eigenvalue weighted by atomic mass is 9.85. The summed E-state index contributed by atoms with van der Waals surface area (Å²) in [5, 5.41) is 0. The number of halogens is 1. The van der Waals surface area contributed by atoms with Crippen LogP contribution < -0.4 is 5.73 Å². The maximum absolute atomic E-state index is 13.8. The minimum absolute atomic E-state index is 0.0158. The molecule has 0 spiro atoms. The summed E-state index contributed by atoms with van der Waals surface area (Å²) in [7, 11) is 1.75. The fourth-order valence-corrected chi connectivity index (χ4v) is 2.95. The molecule has 4 heteroatoms. The van der Waals surface area contributed by atoms with Gasteiger partial charge in [0.25, 0.3) is 0 Å². The van der Waals surface area contributed by atoms with Gasteiger partial charge in [0.1, 0.15) is 5.82 Å². The zero-order valence-corrected chi connectivity index (χ0v) is 12.2. The number of hydrogen-bond donors (Lipinski definition) is 1. The first kappa shape index (κ1) is 15.0. The molecule has 20 heavy (non-hydrogen) atoms. The molecule has 0 aliphatic heterocycles. The Bertz CT molecular complexity index is 477. The first-order valence-electron chi connectivity index (χ1n) is 7.27. The molecule has 0 aromatic heterocycles. The third-order valence-corrected chi connectivity index (χ3v) is 4.35. The van der Waals surface area contributed by atoms with E-state index in [0.29, 0.717) is 5.56 Å². The second-order valence-electron chi connectivity index (χ2n) is 5.77. The molecule has 1 fully saturated rings. The van der Waals surface area contributed by atoms with E-state index in [-0.39, 0.29) is 29.7 Å². The molecule has 1 aromatic carbocycles. The molecule has 0 radical (unpaired) electrons. The lowest BCUT2D eigenvalue weighted by molar-refractivity contribution is -0.137. The summed E-state index contributed by atoms with van der Waals surface area (Å²) in [6.07, 6.45) is 3.63. The van der Waals surface area contributed by atoms with Crippen LogP contribution in [0.2, 0.25) is 0 Å². The molecule has 0 unspecified atom stereocenters. The monoisotopic (exact) mass is 278 g/mol. The number of amides is 1. The Morgan fingerprint density at radius 3 is 2.75 bits per heavy atom. The zero-order chi connectivity index (χ0) is 14.7. The fraction of sp³-hybridized carbons (Fsp3) is 0.562. The topological polar surface area (TPSA) is 46.3 Å². The van der Waals surface area contributed by atoms with Gasteiger partial charge in [-0.3, -0.25) is 4.79 Å². The molecule has 0 saturated heterocycles. The van der Waals surface area contributed by atoms with Gasteiger partial charge in [-0.15, -0.1) is 0 Å². The van der Waals surface area contributed by atoms with Crippen molar-refractivity contribution in [3.63, 3.8) is 0 Å². The van der Waals surface area contributed by atoms with Crippen LogP contribution in [0.1, 0.15) is 44.2 Å². The molecule has 1 aliphatic rings. The fourth-order valence-electron chi connectivity index (χ4n) is 2.95. The van der Waals surface area contributed by atoms with Gasteiger partial charge in [0, 0.05) is 24.6 Å². The molecule has 1 amide bonds. The highest BCUT2D eigenvalue weighted by Gasteiger charge is 2.30. The normalized spacial score (nSPS) is 24.2. The van der Waals surface area contributed by atoms with Crippen LogP contribution in [0, 0.1) is 11.7 Å². The molecule has 0 bridgehead atoms. The molecular formula is C16H23FN2O. The Morgan fingerprint density at radius 1 is 1.40 bits per heavy atom. The Kier molecular flexibility index (Phi) is 4.76. The Hall–Kier alpha value is -1.42. The molecule has 3 nitrogen and oxygen atoms in total. The van der Waals surface area contributed by atoms with Crippen LogP contribution >= 0.6 is 0 Å². The number of hydrogen-bond acceptors (Lipinski definition) is 2. The summed E-state index contributed by atoms with van der Waals surface area (Å²) in [6.45, 7) is 1.86. The van der Waals surface area contributed by atoms with Crippen molar-refractivity contribution in [3.05, 3.63) is 35.6 Å². The molecule has 1 aliphatic carbocycles. The number of nitrogens with two attached hydrogens (primary N) is 1. The minimum atomic E-state index is -0.264. The summed E-state index contributed by atoms with van der Waals surface area (Å²) in [4.78, 5) is 14.2. The molecule has 110 valence electrons. The van der Waals surface area contributed by atoms with E-state index in [1.54, 1.807) is 30.1 Å². The summed E-state index contributed by atoms with van der Waals surface area (Å²) < 4.78 is 13.8. The summed E-state index contributed by atoms with van der Waals surface area (Å²) in [5.41, 5.74) is 6.50. The van der Waals surface area contributed by atoms with Crippen molar-refractivity contribution in [2.24, 2.45) is 11.7 Å². The lowest BCUT2D eigenvalue weighted by Crippen LogP contribution is -2.40. The first-order valence-corrected chi connectivity index (χ1v) is 7.27. The molecule has 1 saturated carbocycles. The van der Waals surface area contributed by atoms with Crippen LogP contribution in [-0.2, 0) is 4.79 Å². The van der Waals surface area contributed by atoms with E-state index in [1.165, 1.54) is 6.07 Å². The zero-order valence-electron chi connectivity index (χ0n) is 12.2. The van der Waals surface area contributed by atoms with E-state index in [9.17, 15) is 9.18 Å². The van der Waals surface area contributed by atoms with Crippen LogP contribution in [-0.4, -0.2) is 23.9 Å².